The number of benzene rings is 1. The van der Waals surface area contributed by atoms with Crippen molar-refractivity contribution in [1.29, 1.82) is 0 Å². The van der Waals surface area contributed by atoms with Crippen molar-refractivity contribution < 1.29 is 4.74 Å². The maximum Gasteiger partial charge on any atom is 0.120 e. The molecular weight excluding hydrogens is 289 g/mol. The maximum atomic E-state index is 6.23. The Bertz CT molecular complexity index is 568. The summed E-state index contributed by atoms with van der Waals surface area (Å²) in [6.07, 6.45) is 0. The van der Waals surface area contributed by atoms with Gasteiger partial charge < -0.3 is 10.5 Å². The summed E-state index contributed by atoms with van der Waals surface area (Å²) in [7, 11) is 1.60. The molecule has 0 aliphatic rings. The van der Waals surface area contributed by atoms with Crippen LogP contribution in [-0.2, 0) is 0 Å². The van der Waals surface area contributed by atoms with E-state index in [1.165, 1.54) is 0 Å². The third-order valence-corrected chi connectivity index (χ3v) is 4.87. The van der Waals surface area contributed by atoms with Crippen LogP contribution in [0, 0.1) is 6.92 Å². The fourth-order valence-corrected chi connectivity index (χ4v) is 3.31. The van der Waals surface area contributed by atoms with Gasteiger partial charge in [0, 0.05) is 9.90 Å². The summed E-state index contributed by atoms with van der Waals surface area (Å²) in [6.45, 7) is 1.96. The molecule has 1 heterocycles. The molecule has 2 rings (SSSR count). The van der Waals surface area contributed by atoms with Crippen LogP contribution in [0.15, 0.2) is 23.6 Å². The average Bonchev–Trinajstić information content (AvgIpc) is 2.69. The molecule has 5 heteroatoms. The number of thiophene rings is 1. The van der Waals surface area contributed by atoms with Crippen LogP contribution in [0.25, 0.3) is 0 Å². The standard InChI is InChI=1S/C13H13Cl2NOS/c1-7-6-18-13(11(7)15)12(16)9-4-3-8(17-2)5-10(9)14/h3-6,12H,16H2,1-2H3. The fourth-order valence-electron chi connectivity index (χ4n) is 1.69. The smallest absolute Gasteiger partial charge is 0.120 e. The van der Waals surface area contributed by atoms with Gasteiger partial charge in [-0.2, -0.15) is 0 Å². The van der Waals surface area contributed by atoms with E-state index < -0.39 is 0 Å². The first kappa shape index (κ1) is 13.7. The topological polar surface area (TPSA) is 35.2 Å². The summed E-state index contributed by atoms with van der Waals surface area (Å²) in [6, 6.07) is 5.16. The van der Waals surface area contributed by atoms with Gasteiger partial charge in [-0.05, 0) is 35.6 Å². The molecule has 0 amide bonds. The average molecular weight is 302 g/mol. The molecule has 2 aromatic rings. The number of methoxy groups -OCH3 is 1. The minimum atomic E-state index is -0.311. The SMILES string of the molecule is COc1ccc(C(N)c2scc(C)c2Cl)c(Cl)c1. The Morgan fingerprint density at radius 2 is 2.06 bits per heavy atom. The van der Waals surface area contributed by atoms with Crippen molar-refractivity contribution in [2.24, 2.45) is 5.73 Å². The van der Waals surface area contributed by atoms with Crippen LogP contribution in [0.4, 0.5) is 0 Å². The van der Waals surface area contributed by atoms with Crippen molar-refractivity contribution in [3.05, 3.63) is 49.6 Å². The number of hydrogen-bond acceptors (Lipinski definition) is 3. The molecule has 1 unspecified atom stereocenters. The van der Waals surface area contributed by atoms with E-state index in [0.29, 0.717) is 10.8 Å². The molecule has 1 atom stereocenters. The Labute approximate surface area is 120 Å². The van der Waals surface area contributed by atoms with Gasteiger partial charge in [-0.15, -0.1) is 11.3 Å². The van der Waals surface area contributed by atoms with Crippen molar-refractivity contribution in [2.45, 2.75) is 13.0 Å². The van der Waals surface area contributed by atoms with Gasteiger partial charge in [-0.1, -0.05) is 29.3 Å². The number of aryl methyl sites for hydroxylation is 1. The van der Waals surface area contributed by atoms with Gasteiger partial charge in [0.25, 0.3) is 0 Å². The summed E-state index contributed by atoms with van der Waals surface area (Å²) in [5.74, 6) is 0.712. The molecule has 1 aromatic heterocycles. The van der Waals surface area contributed by atoms with Crippen molar-refractivity contribution in [3.8, 4) is 5.75 Å². The monoisotopic (exact) mass is 301 g/mol. The van der Waals surface area contributed by atoms with E-state index in [4.69, 9.17) is 33.7 Å². The van der Waals surface area contributed by atoms with Crippen LogP contribution in [0.1, 0.15) is 22.0 Å². The summed E-state index contributed by atoms with van der Waals surface area (Å²) >= 11 is 14.0. The summed E-state index contributed by atoms with van der Waals surface area (Å²) in [4.78, 5) is 0.932. The van der Waals surface area contributed by atoms with E-state index >= 15 is 0 Å². The lowest BCUT2D eigenvalue weighted by Gasteiger charge is -2.14. The zero-order valence-electron chi connectivity index (χ0n) is 10.0. The minimum absolute atomic E-state index is 0.311. The van der Waals surface area contributed by atoms with Gasteiger partial charge in [0.2, 0.25) is 0 Å². The van der Waals surface area contributed by atoms with Gasteiger partial charge >= 0.3 is 0 Å². The maximum absolute atomic E-state index is 6.23. The van der Waals surface area contributed by atoms with E-state index in [1.807, 2.05) is 24.4 Å². The Morgan fingerprint density at radius 1 is 1.33 bits per heavy atom. The second-order valence-corrected chi connectivity index (χ2v) is 5.66. The Balaban J connectivity index is 2.40. The molecule has 0 spiro atoms. The van der Waals surface area contributed by atoms with Gasteiger partial charge in [0.05, 0.1) is 18.2 Å². The van der Waals surface area contributed by atoms with Crippen molar-refractivity contribution in [1.82, 2.24) is 0 Å². The van der Waals surface area contributed by atoms with E-state index in [1.54, 1.807) is 24.5 Å². The molecule has 18 heavy (non-hydrogen) atoms. The molecular formula is C13H13Cl2NOS. The minimum Gasteiger partial charge on any atom is -0.497 e. The first-order valence-corrected chi connectivity index (χ1v) is 7.00. The van der Waals surface area contributed by atoms with Gasteiger partial charge in [0.1, 0.15) is 5.75 Å². The zero-order chi connectivity index (χ0) is 13.3. The van der Waals surface area contributed by atoms with Gasteiger partial charge in [-0.3, -0.25) is 0 Å². The number of ether oxygens (including phenoxy) is 1. The lowest BCUT2D eigenvalue weighted by Crippen LogP contribution is -2.11. The first-order chi connectivity index (χ1) is 8.54. The molecule has 2 nitrogen and oxygen atoms in total. The summed E-state index contributed by atoms with van der Waals surface area (Å²) < 4.78 is 5.11. The van der Waals surface area contributed by atoms with Crippen LogP contribution in [-0.4, -0.2) is 7.11 Å². The molecule has 2 N–H and O–H groups in total. The second-order valence-electron chi connectivity index (χ2n) is 3.96. The third kappa shape index (κ3) is 2.50. The molecule has 96 valence electrons. The third-order valence-electron chi connectivity index (χ3n) is 2.75. The molecule has 0 fully saturated rings. The number of halogens is 2. The van der Waals surface area contributed by atoms with Crippen LogP contribution >= 0.6 is 34.5 Å². The Hall–Kier alpha value is -0.740. The highest BCUT2D eigenvalue weighted by Crippen LogP contribution is 2.37. The number of rotatable bonds is 3. The Kier molecular flexibility index (Phi) is 4.17. The lowest BCUT2D eigenvalue weighted by molar-refractivity contribution is 0.414. The molecule has 0 aliphatic heterocycles. The van der Waals surface area contributed by atoms with E-state index in [9.17, 15) is 0 Å². The summed E-state index contributed by atoms with van der Waals surface area (Å²) in [5.41, 5.74) is 8.11. The van der Waals surface area contributed by atoms with Crippen LogP contribution in [0.2, 0.25) is 10.0 Å². The molecule has 0 bridgehead atoms. The highest BCUT2D eigenvalue weighted by atomic mass is 35.5. The van der Waals surface area contributed by atoms with Crippen LogP contribution in [0.5, 0.6) is 5.75 Å². The highest BCUT2D eigenvalue weighted by molar-refractivity contribution is 7.10. The van der Waals surface area contributed by atoms with E-state index in [0.717, 1.165) is 21.0 Å². The van der Waals surface area contributed by atoms with Crippen molar-refractivity contribution >= 4 is 34.5 Å². The Morgan fingerprint density at radius 3 is 2.56 bits per heavy atom. The zero-order valence-corrected chi connectivity index (χ0v) is 12.4. The normalized spacial score (nSPS) is 12.5. The van der Waals surface area contributed by atoms with Crippen LogP contribution in [0.3, 0.4) is 0 Å². The molecule has 0 saturated heterocycles. The second kappa shape index (κ2) is 5.49. The molecule has 1 aromatic carbocycles. The largest absolute Gasteiger partial charge is 0.497 e. The highest BCUT2D eigenvalue weighted by Gasteiger charge is 2.18. The van der Waals surface area contributed by atoms with Crippen LogP contribution < -0.4 is 10.5 Å². The van der Waals surface area contributed by atoms with Gasteiger partial charge in [0.15, 0.2) is 0 Å². The molecule has 0 aliphatic carbocycles. The summed E-state index contributed by atoms with van der Waals surface area (Å²) in [5, 5.41) is 3.30. The predicted molar refractivity (Wildman–Crippen MR) is 78.1 cm³/mol. The predicted octanol–water partition coefficient (Wildman–Crippen LogP) is 4.42. The van der Waals surface area contributed by atoms with E-state index in [-0.39, 0.29) is 6.04 Å². The quantitative estimate of drug-likeness (QED) is 0.911. The molecule has 0 saturated carbocycles. The fraction of sp³-hybridized carbons (Fsp3) is 0.231. The van der Waals surface area contributed by atoms with Crippen molar-refractivity contribution in [2.75, 3.05) is 7.11 Å². The first-order valence-electron chi connectivity index (χ1n) is 5.37. The number of hydrogen-bond donors (Lipinski definition) is 1. The number of nitrogens with two attached hydrogens (primary N) is 1. The van der Waals surface area contributed by atoms with Gasteiger partial charge in [-0.25, -0.2) is 0 Å². The molecule has 0 radical (unpaired) electrons. The van der Waals surface area contributed by atoms with E-state index in [2.05, 4.69) is 0 Å². The lowest BCUT2D eigenvalue weighted by atomic mass is 10.1. The van der Waals surface area contributed by atoms with Crippen molar-refractivity contribution in [3.63, 3.8) is 0 Å².